The lowest BCUT2D eigenvalue weighted by atomic mass is 9.87. The summed E-state index contributed by atoms with van der Waals surface area (Å²) in [6.45, 7) is 12.6. The summed E-state index contributed by atoms with van der Waals surface area (Å²) in [7, 11) is -2.30. The molecule has 1 aliphatic heterocycles. The van der Waals surface area contributed by atoms with Gasteiger partial charge in [-0.2, -0.15) is 10.1 Å². The number of sulfonamides is 1. The number of nitrogens with zero attached hydrogens (tertiary/aromatic N) is 5. The maximum absolute atomic E-state index is 14.2. The summed E-state index contributed by atoms with van der Waals surface area (Å²) in [5, 5.41) is 4.47. The van der Waals surface area contributed by atoms with Crippen LogP contribution in [0.1, 0.15) is 59.9 Å². The predicted octanol–water partition coefficient (Wildman–Crippen LogP) is 5.44. The summed E-state index contributed by atoms with van der Waals surface area (Å²) >= 11 is 0. The van der Waals surface area contributed by atoms with E-state index in [-0.39, 0.29) is 52.8 Å². The fraction of sp³-hybridized carbons (Fsp3) is 0.375. The molecule has 0 unspecified atom stereocenters. The largest absolute Gasteiger partial charge is 0.475 e. The number of aromatic nitrogens is 4. The molecule has 3 heterocycles. The van der Waals surface area contributed by atoms with Crippen LogP contribution < -0.4 is 9.46 Å². The van der Waals surface area contributed by atoms with Crippen LogP contribution in [0.3, 0.4) is 0 Å². The lowest BCUT2D eigenvalue weighted by Crippen LogP contribution is -2.45. The van der Waals surface area contributed by atoms with Crippen molar-refractivity contribution < 1.29 is 17.9 Å². The number of hydrogen-bond donors (Lipinski definition) is 1. The van der Waals surface area contributed by atoms with Gasteiger partial charge in [-0.05, 0) is 61.9 Å². The van der Waals surface area contributed by atoms with Gasteiger partial charge in [-0.1, -0.05) is 45.0 Å². The van der Waals surface area contributed by atoms with Gasteiger partial charge < -0.3 is 9.64 Å². The molecular weight excluding hydrogens is 564 g/mol. The second-order valence-corrected chi connectivity index (χ2v) is 14.1. The first-order chi connectivity index (χ1) is 20.2. The van der Waals surface area contributed by atoms with Gasteiger partial charge in [0.25, 0.3) is 15.9 Å². The van der Waals surface area contributed by atoms with Crippen LogP contribution in [0.5, 0.6) is 5.88 Å². The molecule has 0 spiro atoms. The van der Waals surface area contributed by atoms with Crippen molar-refractivity contribution in [2.75, 3.05) is 11.3 Å². The Balaban J connectivity index is 1.69. The first-order valence-corrected chi connectivity index (χ1v) is 15.7. The van der Waals surface area contributed by atoms with Gasteiger partial charge in [0, 0.05) is 42.5 Å². The zero-order valence-electron chi connectivity index (χ0n) is 25.7. The molecule has 2 aromatic carbocycles. The fourth-order valence-corrected chi connectivity index (χ4v) is 6.52. The second kappa shape index (κ2) is 11.4. The Hall–Kier alpha value is -4.25. The van der Waals surface area contributed by atoms with E-state index < -0.39 is 10.0 Å². The highest BCUT2D eigenvalue weighted by atomic mass is 32.2. The van der Waals surface area contributed by atoms with Crippen molar-refractivity contribution in [1.29, 1.82) is 0 Å². The van der Waals surface area contributed by atoms with E-state index in [0.29, 0.717) is 12.1 Å². The van der Waals surface area contributed by atoms with Gasteiger partial charge >= 0.3 is 0 Å². The average Bonchev–Trinajstić information content (AvgIpc) is 3.24. The van der Waals surface area contributed by atoms with E-state index in [2.05, 4.69) is 40.6 Å². The molecule has 1 aliphatic rings. The highest BCUT2D eigenvalue weighted by Crippen LogP contribution is 2.32. The van der Waals surface area contributed by atoms with E-state index in [1.54, 1.807) is 27.8 Å². The van der Waals surface area contributed by atoms with E-state index in [0.717, 1.165) is 27.9 Å². The maximum Gasteiger partial charge on any atom is 0.264 e. The van der Waals surface area contributed by atoms with Gasteiger partial charge in [-0.25, -0.2) is 18.1 Å². The van der Waals surface area contributed by atoms with Crippen LogP contribution in [0, 0.1) is 26.2 Å². The molecule has 0 saturated carbocycles. The summed E-state index contributed by atoms with van der Waals surface area (Å²) in [5.41, 5.74) is 5.18. The van der Waals surface area contributed by atoms with Crippen LogP contribution in [0.25, 0.3) is 11.3 Å². The molecule has 10 nitrogen and oxygen atoms in total. The smallest absolute Gasteiger partial charge is 0.264 e. The zero-order chi connectivity index (χ0) is 31.1. The third-order valence-corrected chi connectivity index (χ3v) is 8.81. The summed E-state index contributed by atoms with van der Waals surface area (Å²) in [6, 6.07) is 13.3. The lowest BCUT2D eigenvalue weighted by molar-refractivity contribution is 0.0512. The molecule has 4 bridgehead atoms. The van der Waals surface area contributed by atoms with Crippen molar-refractivity contribution in [3.05, 3.63) is 82.7 Å². The molecule has 226 valence electrons. The SMILES string of the molecule is Cc1cccc(C)c1-c1cc2nc(n1)NS(=O)(=O)c1cccc(c1)C(=O)N(Cc1cn(C)nc1C)[C@H](CC(C)(C)C)CO2. The molecule has 1 amide bonds. The number of aryl methyl sites for hydroxylation is 4. The normalized spacial score (nSPS) is 16.9. The highest BCUT2D eigenvalue weighted by Gasteiger charge is 2.32. The Morgan fingerprint density at radius 1 is 1.02 bits per heavy atom. The van der Waals surface area contributed by atoms with Gasteiger partial charge in [0.05, 0.1) is 22.3 Å². The predicted molar refractivity (Wildman–Crippen MR) is 165 cm³/mol. The van der Waals surface area contributed by atoms with Crippen molar-refractivity contribution in [3.8, 4) is 17.1 Å². The summed E-state index contributed by atoms with van der Waals surface area (Å²) in [4.78, 5) is 25.0. The third kappa shape index (κ3) is 6.72. The number of anilines is 1. The van der Waals surface area contributed by atoms with E-state index in [4.69, 9.17) is 4.74 Å². The summed E-state index contributed by atoms with van der Waals surface area (Å²) in [6.07, 6.45) is 2.52. The molecular formula is C32H38N6O4S. The van der Waals surface area contributed by atoms with Crippen molar-refractivity contribution in [2.24, 2.45) is 12.5 Å². The van der Waals surface area contributed by atoms with Crippen LogP contribution in [0.2, 0.25) is 0 Å². The van der Waals surface area contributed by atoms with E-state index in [1.165, 1.54) is 12.1 Å². The number of rotatable bonds is 4. The number of carbonyl (C=O) groups excluding carboxylic acids is 1. The number of carbonyl (C=O) groups is 1. The van der Waals surface area contributed by atoms with Crippen molar-refractivity contribution in [3.63, 3.8) is 0 Å². The third-order valence-electron chi connectivity index (χ3n) is 7.49. The molecule has 0 aliphatic carbocycles. The van der Waals surface area contributed by atoms with Crippen LogP contribution >= 0.6 is 0 Å². The molecule has 5 rings (SSSR count). The molecule has 0 saturated heterocycles. The second-order valence-electron chi connectivity index (χ2n) is 12.4. The zero-order valence-corrected chi connectivity index (χ0v) is 26.5. The topological polar surface area (TPSA) is 119 Å². The lowest BCUT2D eigenvalue weighted by Gasteiger charge is -2.35. The van der Waals surface area contributed by atoms with Gasteiger partial charge in [0.2, 0.25) is 11.8 Å². The Morgan fingerprint density at radius 2 is 1.72 bits per heavy atom. The first-order valence-electron chi connectivity index (χ1n) is 14.2. The number of amides is 1. The van der Waals surface area contributed by atoms with Crippen LogP contribution in [0.4, 0.5) is 5.95 Å². The first kappa shape index (κ1) is 30.2. The molecule has 2 aromatic heterocycles. The molecule has 11 heteroatoms. The Labute approximate surface area is 253 Å². The maximum atomic E-state index is 14.2. The molecule has 1 N–H and O–H groups in total. The minimum absolute atomic E-state index is 0.0639. The molecule has 0 fully saturated rings. The Kier molecular flexibility index (Phi) is 8.04. The molecule has 0 radical (unpaired) electrons. The highest BCUT2D eigenvalue weighted by molar-refractivity contribution is 7.92. The monoisotopic (exact) mass is 602 g/mol. The van der Waals surface area contributed by atoms with Crippen molar-refractivity contribution in [2.45, 2.75) is 65.4 Å². The number of ether oxygens (including phenoxy) is 1. The summed E-state index contributed by atoms with van der Waals surface area (Å²) < 4.78 is 37.7. The quantitative estimate of drug-likeness (QED) is 0.330. The number of benzene rings is 2. The van der Waals surface area contributed by atoms with Crippen LogP contribution in [0.15, 0.2) is 59.6 Å². The Bertz CT molecular complexity index is 1770. The summed E-state index contributed by atoms with van der Waals surface area (Å²) in [5.74, 6) is -0.201. The van der Waals surface area contributed by atoms with E-state index >= 15 is 0 Å². The molecule has 4 aromatic rings. The van der Waals surface area contributed by atoms with Crippen LogP contribution in [-0.4, -0.2) is 51.6 Å². The minimum atomic E-state index is -4.14. The van der Waals surface area contributed by atoms with E-state index in [1.807, 2.05) is 52.2 Å². The van der Waals surface area contributed by atoms with Crippen molar-refractivity contribution in [1.82, 2.24) is 24.6 Å². The van der Waals surface area contributed by atoms with E-state index in [9.17, 15) is 13.2 Å². The Morgan fingerprint density at radius 3 is 2.37 bits per heavy atom. The van der Waals surface area contributed by atoms with Crippen LogP contribution in [-0.2, 0) is 23.6 Å². The standard InChI is InChI=1S/C32H38N6O4S/c1-20-10-8-11-21(2)29(20)27-15-28-34-31(33-27)36-43(40,41)26-13-9-12-23(14-26)30(39)38(18-24-17-37(7)35-22(24)3)25(19-42-28)16-32(4,5)6/h8-15,17,25H,16,18-19H2,1-7H3,(H,33,34,36)/t25-/m1/s1. The fourth-order valence-electron chi connectivity index (χ4n) is 5.53. The number of hydrogen-bond acceptors (Lipinski definition) is 7. The number of fused-ring (bicyclic) bond motifs is 4. The minimum Gasteiger partial charge on any atom is -0.475 e. The molecule has 1 atom stereocenters. The average molecular weight is 603 g/mol. The van der Waals surface area contributed by atoms with Gasteiger partial charge in [0.15, 0.2) is 0 Å². The van der Waals surface area contributed by atoms with Gasteiger partial charge in [-0.15, -0.1) is 0 Å². The van der Waals surface area contributed by atoms with Gasteiger partial charge in [-0.3, -0.25) is 9.48 Å². The molecule has 43 heavy (non-hydrogen) atoms. The number of nitrogens with one attached hydrogen (secondary N) is 1. The van der Waals surface area contributed by atoms with Crippen molar-refractivity contribution >= 4 is 21.9 Å². The van der Waals surface area contributed by atoms with Gasteiger partial charge in [0.1, 0.15) is 6.61 Å².